The van der Waals surface area contributed by atoms with Crippen LogP contribution >= 0.6 is 0 Å². The number of carboxylic acids is 1. The Morgan fingerprint density at radius 1 is 1.36 bits per heavy atom. The van der Waals surface area contributed by atoms with E-state index in [9.17, 15) is 4.79 Å². The molecular formula is C10H20O4. The first kappa shape index (κ1) is 13.4. The van der Waals surface area contributed by atoms with Crippen molar-refractivity contribution >= 4 is 5.97 Å². The zero-order chi connectivity index (χ0) is 11.2. The van der Waals surface area contributed by atoms with Crippen molar-refractivity contribution in [2.45, 2.75) is 33.1 Å². The zero-order valence-corrected chi connectivity index (χ0v) is 8.86. The molecule has 0 radical (unpaired) electrons. The van der Waals surface area contributed by atoms with Crippen molar-refractivity contribution in [1.29, 1.82) is 0 Å². The second-order valence-corrected chi connectivity index (χ2v) is 3.82. The molecule has 1 unspecified atom stereocenters. The summed E-state index contributed by atoms with van der Waals surface area (Å²) >= 11 is 0. The van der Waals surface area contributed by atoms with Crippen molar-refractivity contribution in [1.82, 2.24) is 0 Å². The van der Waals surface area contributed by atoms with Crippen LogP contribution in [-0.2, 0) is 4.79 Å². The molecule has 0 aromatic rings. The van der Waals surface area contributed by atoms with Crippen molar-refractivity contribution < 1.29 is 20.1 Å². The molecule has 0 bridgehead atoms. The fourth-order valence-corrected chi connectivity index (χ4v) is 1.49. The van der Waals surface area contributed by atoms with E-state index in [1.54, 1.807) is 6.92 Å². The van der Waals surface area contributed by atoms with Crippen LogP contribution in [0.15, 0.2) is 0 Å². The maximum absolute atomic E-state index is 11.0. The molecule has 0 saturated heterocycles. The lowest BCUT2D eigenvalue weighted by Gasteiger charge is -2.31. The van der Waals surface area contributed by atoms with E-state index in [2.05, 4.69) is 0 Å². The van der Waals surface area contributed by atoms with Gasteiger partial charge in [0.15, 0.2) is 0 Å². The van der Waals surface area contributed by atoms with Crippen LogP contribution in [0.5, 0.6) is 0 Å². The highest BCUT2D eigenvalue weighted by molar-refractivity contribution is 5.75. The maximum Gasteiger partial charge on any atom is 0.314 e. The van der Waals surface area contributed by atoms with Crippen LogP contribution in [0.2, 0.25) is 0 Å². The van der Waals surface area contributed by atoms with Crippen LogP contribution < -0.4 is 0 Å². The van der Waals surface area contributed by atoms with Gasteiger partial charge in [0.1, 0.15) is 5.41 Å². The minimum absolute atomic E-state index is 0.213. The molecule has 4 nitrogen and oxygen atoms in total. The van der Waals surface area contributed by atoms with Crippen LogP contribution in [0.3, 0.4) is 0 Å². The molecule has 0 spiro atoms. The second-order valence-electron chi connectivity index (χ2n) is 3.82. The van der Waals surface area contributed by atoms with Crippen LogP contribution in [0.4, 0.5) is 0 Å². The van der Waals surface area contributed by atoms with E-state index in [0.717, 1.165) is 12.8 Å². The number of hydrogen-bond acceptors (Lipinski definition) is 3. The Hall–Kier alpha value is -0.610. The Bertz CT molecular complexity index is 175. The lowest BCUT2D eigenvalue weighted by molar-refractivity contribution is -0.159. The third-order valence-electron chi connectivity index (χ3n) is 2.92. The minimum atomic E-state index is -1.38. The average molecular weight is 204 g/mol. The number of carboxylic acid groups (broad SMARTS) is 1. The molecule has 0 aliphatic carbocycles. The van der Waals surface area contributed by atoms with Gasteiger partial charge in [-0.05, 0) is 12.3 Å². The summed E-state index contributed by atoms with van der Waals surface area (Å²) in [5.41, 5.74) is -1.38. The Balaban J connectivity index is 4.53. The van der Waals surface area contributed by atoms with Gasteiger partial charge < -0.3 is 15.3 Å². The predicted octanol–water partition coefficient (Wildman–Crippen LogP) is 0.868. The molecule has 1 atom stereocenters. The molecule has 0 aromatic carbocycles. The van der Waals surface area contributed by atoms with Gasteiger partial charge in [-0.1, -0.05) is 26.7 Å². The highest BCUT2D eigenvalue weighted by Crippen LogP contribution is 2.31. The summed E-state index contributed by atoms with van der Waals surface area (Å²) in [6.07, 6.45) is 2.61. The van der Waals surface area contributed by atoms with E-state index < -0.39 is 24.6 Å². The summed E-state index contributed by atoms with van der Waals surface area (Å²) in [6.45, 7) is 2.76. The Morgan fingerprint density at radius 2 is 1.86 bits per heavy atom. The van der Waals surface area contributed by atoms with Crippen molar-refractivity contribution in [2.75, 3.05) is 13.2 Å². The van der Waals surface area contributed by atoms with Gasteiger partial charge in [-0.2, -0.15) is 0 Å². The van der Waals surface area contributed by atoms with E-state index >= 15 is 0 Å². The molecule has 0 saturated carbocycles. The maximum atomic E-state index is 11.0. The standard InChI is InChI=1S/C10H20O4/c1-3-4-5-8(2)10(6-11,7-12)9(13)14/h8,11-12H,3-7H2,1-2H3,(H,13,14). The van der Waals surface area contributed by atoms with Crippen molar-refractivity contribution in [2.24, 2.45) is 11.3 Å². The molecule has 0 rings (SSSR count). The fraction of sp³-hybridized carbons (Fsp3) is 0.900. The number of unbranched alkanes of at least 4 members (excludes halogenated alkanes) is 1. The van der Waals surface area contributed by atoms with E-state index in [1.807, 2.05) is 6.92 Å². The molecule has 84 valence electrons. The molecule has 0 amide bonds. The van der Waals surface area contributed by atoms with Crippen molar-refractivity contribution in [3.05, 3.63) is 0 Å². The summed E-state index contributed by atoms with van der Waals surface area (Å²) in [7, 11) is 0. The third kappa shape index (κ3) is 2.69. The number of aliphatic hydroxyl groups excluding tert-OH is 2. The first-order valence-corrected chi connectivity index (χ1v) is 5.00. The van der Waals surface area contributed by atoms with Gasteiger partial charge in [0.05, 0.1) is 13.2 Å². The largest absolute Gasteiger partial charge is 0.481 e. The van der Waals surface area contributed by atoms with Crippen LogP contribution in [-0.4, -0.2) is 34.5 Å². The quantitative estimate of drug-likeness (QED) is 0.575. The Labute approximate surface area is 84.6 Å². The molecule has 0 aliphatic rings. The third-order valence-corrected chi connectivity index (χ3v) is 2.92. The SMILES string of the molecule is CCCCC(C)C(CO)(CO)C(=O)O. The van der Waals surface area contributed by atoms with Gasteiger partial charge in [-0.25, -0.2) is 0 Å². The van der Waals surface area contributed by atoms with Gasteiger partial charge in [-0.3, -0.25) is 4.79 Å². The monoisotopic (exact) mass is 204 g/mol. The lowest BCUT2D eigenvalue weighted by Crippen LogP contribution is -2.44. The number of aliphatic carboxylic acids is 1. The summed E-state index contributed by atoms with van der Waals surface area (Å²) in [5, 5.41) is 27.1. The number of hydrogen-bond donors (Lipinski definition) is 3. The zero-order valence-electron chi connectivity index (χ0n) is 8.86. The lowest BCUT2D eigenvalue weighted by atomic mass is 9.75. The van der Waals surface area contributed by atoms with Crippen molar-refractivity contribution in [3.8, 4) is 0 Å². The highest BCUT2D eigenvalue weighted by Gasteiger charge is 2.42. The normalized spacial score (nSPS) is 14.0. The Kier molecular flexibility index (Phi) is 5.72. The van der Waals surface area contributed by atoms with E-state index in [1.165, 1.54) is 0 Å². The smallest absolute Gasteiger partial charge is 0.314 e. The van der Waals surface area contributed by atoms with Crippen LogP contribution in [0, 0.1) is 11.3 Å². The Morgan fingerprint density at radius 3 is 2.14 bits per heavy atom. The molecule has 4 heteroatoms. The van der Waals surface area contributed by atoms with Crippen LogP contribution in [0.1, 0.15) is 33.1 Å². The summed E-state index contributed by atoms with van der Waals surface area (Å²) in [6, 6.07) is 0. The number of carbonyl (C=O) groups is 1. The van der Waals surface area contributed by atoms with Crippen LogP contribution in [0.25, 0.3) is 0 Å². The van der Waals surface area contributed by atoms with Gasteiger partial charge >= 0.3 is 5.97 Å². The topological polar surface area (TPSA) is 77.8 Å². The molecule has 0 aromatic heterocycles. The average Bonchev–Trinajstić information content (AvgIpc) is 2.17. The van der Waals surface area contributed by atoms with E-state index in [0.29, 0.717) is 6.42 Å². The van der Waals surface area contributed by atoms with Crippen molar-refractivity contribution in [3.63, 3.8) is 0 Å². The number of rotatable bonds is 7. The summed E-state index contributed by atoms with van der Waals surface area (Å²) in [5.74, 6) is -1.33. The van der Waals surface area contributed by atoms with Gasteiger partial charge in [-0.15, -0.1) is 0 Å². The molecule has 0 heterocycles. The minimum Gasteiger partial charge on any atom is -0.481 e. The first-order chi connectivity index (χ1) is 6.55. The summed E-state index contributed by atoms with van der Waals surface area (Å²) < 4.78 is 0. The highest BCUT2D eigenvalue weighted by atomic mass is 16.4. The van der Waals surface area contributed by atoms with Gasteiger partial charge in [0.25, 0.3) is 0 Å². The molecule has 14 heavy (non-hydrogen) atoms. The molecular weight excluding hydrogens is 184 g/mol. The van der Waals surface area contributed by atoms with E-state index in [-0.39, 0.29) is 5.92 Å². The number of aliphatic hydroxyl groups is 2. The van der Waals surface area contributed by atoms with E-state index in [4.69, 9.17) is 15.3 Å². The summed E-state index contributed by atoms with van der Waals surface area (Å²) in [4.78, 5) is 11.0. The van der Waals surface area contributed by atoms with Gasteiger partial charge in [0, 0.05) is 0 Å². The molecule has 3 N–H and O–H groups in total. The molecule has 0 aliphatic heterocycles. The second kappa shape index (κ2) is 5.98. The molecule has 0 fully saturated rings. The fourth-order valence-electron chi connectivity index (χ4n) is 1.49. The van der Waals surface area contributed by atoms with Gasteiger partial charge in [0.2, 0.25) is 0 Å². The first-order valence-electron chi connectivity index (χ1n) is 5.00. The predicted molar refractivity (Wildman–Crippen MR) is 52.9 cm³/mol.